The molecule has 2 N–H and O–H groups in total. The minimum atomic E-state index is -0.0862. The van der Waals surface area contributed by atoms with Gasteiger partial charge >= 0.3 is 0 Å². The number of nitrogens with zero attached hydrogens (tertiary/aromatic N) is 3. The van der Waals surface area contributed by atoms with Gasteiger partial charge in [-0.25, -0.2) is 4.68 Å². The molecule has 0 radical (unpaired) electrons. The molecule has 2 heterocycles. The van der Waals surface area contributed by atoms with Gasteiger partial charge in [0.15, 0.2) is 5.69 Å². The first-order valence-corrected chi connectivity index (χ1v) is 9.45. The Morgan fingerprint density at radius 1 is 1.15 bits per heavy atom. The second kappa shape index (κ2) is 7.55. The fraction of sp³-hybridized carbons (Fsp3) is 0.238. The van der Waals surface area contributed by atoms with Crippen molar-refractivity contribution < 1.29 is 4.79 Å². The Balaban J connectivity index is 1.63. The third kappa shape index (κ3) is 3.61. The smallest absolute Gasteiger partial charge is 0.278 e. The number of carbonyl (C=O) groups excluding carboxylic acids is 1. The van der Waals surface area contributed by atoms with Crippen LogP contribution in [0, 0.1) is 5.92 Å². The summed E-state index contributed by atoms with van der Waals surface area (Å²) in [5.41, 5.74) is 9.20. The van der Waals surface area contributed by atoms with Crippen LogP contribution in [0.4, 0.5) is 5.69 Å². The van der Waals surface area contributed by atoms with E-state index in [0.717, 1.165) is 24.2 Å². The standard InChI is InChI=1S/C21H21ClN4O/c22-17-5-7-18(8-6-17)26-12-10-19(24-26)21(27)25-14-15(9-11-23)13-16-3-1-2-4-20(16)25/h1-8,10,12,15H,9,11,13-14,23H2. The molecule has 1 aliphatic rings. The van der Waals surface area contributed by atoms with Crippen LogP contribution in [0.25, 0.3) is 5.69 Å². The van der Waals surface area contributed by atoms with Gasteiger partial charge in [-0.15, -0.1) is 0 Å². The summed E-state index contributed by atoms with van der Waals surface area (Å²) in [6.07, 6.45) is 3.65. The molecule has 0 saturated carbocycles. The minimum Gasteiger partial charge on any atom is -0.330 e. The second-order valence-electron chi connectivity index (χ2n) is 6.81. The third-order valence-corrected chi connectivity index (χ3v) is 5.20. The van der Waals surface area contributed by atoms with Gasteiger partial charge < -0.3 is 10.6 Å². The number of fused-ring (bicyclic) bond motifs is 1. The Bertz CT molecular complexity index is 951. The molecule has 5 nitrogen and oxygen atoms in total. The zero-order chi connectivity index (χ0) is 18.8. The number of aromatic nitrogens is 2. The summed E-state index contributed by atoms with van der Waals surface area (Å²) in [6.45, 7) is 1.29. The van der Waals surface area contributed by atoms with Gasteiger partial charge in [-0.05, 0) is 67.3 Å². The number of para-hydroxylation sites is 1. The van der Waals surface area contributed by atoms with Gasteiger partial charge in [0.05, 0.1) is 5.69 Å². The lowest BCUT2D eigenvalue weighted by Gasteiger charge is -2.34. The molecule has 1 aromatic heterocycles. The van der Waals surface area contributed by atoms with E-state index in [9.17, 15) is 4.79 Å². The molecule has 0 bridgehead atoms. The maximum Gasteiger partial charge on any atom is 0.278 e. The molecule has 4 rings (SSSR count). The highest BCUT2D eigenvalue weighted by Crippen LogP contribution is 2.31. The first-order valence-electron chi connectivity index (χ1n) is 9.07. The molecule has 2 aromatic carbocycles. The summed E-state index contributed by atoms with van der Waals surface area (Å²) in [5, 5.41) is 5.15. The van der Waals surface area contributed by atoms with Crippen LogP contribution in [-0.4, -0.2) is 28.8 Å². The van der Waals surface area contributed by atoms with Crippen molar-refractivity contribution in [3.8, 4) is 5.69 Å². The summed E-state index contributed by atoms with van der Waals surface area (Å²) >= 11 is 5.94. The fourth-order valence-corrected chi connectivity index (χ4v) is 3.74. The molecule has 27 heavy (non-hydrogen) atoms. The predicted octanol–water partition coefficient (Wildman–Crippen LogP) is 3.69. The molecule has 6 heteroatoms. The zero-order valence-corrected chi connectivity index (χ0v) is 15.6. The molecule has 1 aliphatic heterocycles. The lowest BCUT2D eigenvalue weighted by molar-refractivity contribution is 0.0974. The van der Waals surface area contributed by atoms with Crippen LogP contribution >= 0.6 is 11.6 Å². The fourth-order valence-electron chi connectivity index (χ4n) is 3.61. The number of halogens is 1. The van der Waals surface area contributed by atoms with Crippen molar-refractivity contribution in [1.82, 2.24) is 9.78 Å². The minimum absolute atomic E-state index is 0.0862. The molecular weight excluding hydrogens is 360 g/mol. The number of hydrogen-bond acceptors (Lipinski definition) is 3. The van der Waals surface area contributed by atoms with Crippen LogP contribution in [0.3, 0.4) is 0 Å². The van der Waals surface area contributed by atoms with Crippen molar-refractivity contribution >= 4 is 23.2 Å². The Kier molecular flexibility index (Phi) is 4.97. The number of rotatable bonds is 4. The molecular formula is C21H21ClN4O. The van der Waals surface area contributed by atoms with E-state index >= 15 is 0 Å². The van der Waals surface area contributed by atoms with Crippen LogP contribution in [-0.2, 0) is 6.42 Å². The molecule has 1 amide bonds. The second-order valence-corrected chi connectivity index (χ2v) is 7.25. The van der Waals surface area contributed by atoms with Crippen molar-refractivity contribution in [2.24, 2.45) is 11.7 Å². The van der Waals surface area contributed by atoms with Gasteiger partial charge in [-0.1, -0.05) is 29.8 Å². The third-order valence-electron chi connectivity index (χ3n) is 4.95. The van der Waals surface area contributed by atoms with Gasteiger partial charge in [0.2, 0.25) is 0 Å². The quantitative estimate of drug-likeness (QED) is 0.750. The summed E-state index contributed by atoms with van der Waals surface area (Å²) in [7, 11) is 0. The molecule has 0 aliphatic carbocycles. The van der Waals surface area contributed by atoms with Gasteiger partial charge in [0, 0.05) is 23.5 Å². The van der Waals surface area contributed by atoms with Crippen LogP contribution < -0.4 is 10.6 Å². The average molecular weight is 381 g/mol. The van der Waals surface area contributed by atoms with Crippen LogP contribution in [0.15, 0.2) is 60.8 Å². The monoisotopic (exact) mass is 380 g/mol. The van der Waals surface area contributed by atoms with Gasteiger partial charge in [-0.2, -0.15) is 5.10 Å². The topological polar surface area (TPSA) is 64.2 Å². The Hall–Kier alpha value is -2.63. The van der Waals surface area contributed by atoms with E-state index in [2.05, 4.69) is 11.2 Å². The molecule has 0 fully saturated rings. The van der Waals surface area contributed by atoms with E-state index in [1.54, 1.807) is 29.1 Å². The largest absolute Gasteiger partial charge is 0.330 e. The normalized spacial score (nSPS) is 16.2. The molecule has 1 unspecified atom stereocenters. The summed E-state index contributed by atoms with van der Waals surface area (Å²) in [6, 6.07) is 17.2. The Labute approximate surface area is 163 Å². The van der Waals surface area contributed by atoms with E-state index in [0.29, 0.717) is 29.7 Å². The first-order chi connectivity index (χ1) is 13.2. The molecule has 3 aromatic rings. The molecule has 1 atom stereocenters. The molecule has 0 spiro atoms. The number of amides is 1. The summed E-state index contributed by atoms with van der Waals surface area (Å²) < 4.78 is 1.69. The molecule has 138 valence electrons. The van der Waals surface area contributed by atoms with Gasteiger partial charge in [0.25, 0.3) is 5.91 Å². The number of hydrogen-bond donors (Lipinski definition) is 1. The number of anilines is 1. The highest BCUT2D eigenvalue weighted by Gasteiger charge is 2.29. The van der Waals surface area contributed by atoms with Gasteiger partial charge in [0.1, 0.15) is 0 Å². The van der Waals surface area contributed by atoms with Crippen LogP contribution in [0.5, 0.6) is 0 Å². The number of nitrogens with two attached hydrogens (primary N) is 1. The van der Waals surface area contributed by atoms with Crippen molar-refractivity contribution in [3.63, 3.8) is 0 Å². The number of carbonyl (C=O) groups is 1. The van der Waals surface area contributed by atoms with E-state index in [4.69, 9.17) is 17.3 Å². The van der Waals surface area contributed by atoms with E-state index in [1.165, 1.54) is 5.56 Å². The highest BCUT2D eigenvalue weighted by atomic mass is 35.5. The Morgan fingerprint density at radius 2 is 1.93 bits per heavy atom. The maximum atomic E-state index is 13.2. The summed E-state index contributed by atoms with van der Waals surface area (Å²) in [5.74, 6) is 0.282. The molecule has 0 saturated heterocycles. The van der Waals surface area contributed by atoms with Crippen LogP contribution in [0.2, 0.25) is 5.02 Å². The van der Waals surface area contributed by atoms with Crippen LogP contribution in [0.1, 0.15) is 22.5 Å². The van der Waals surface area contributed by atoms with E-state index in [1.807, 2.05) is 35.2 Å². The van der Waals surface area contributed by atoms with Crippen molar-refractivity contribution in [2.75, 3.05) is 18.0 Å². The summed E-state index contributed by atoms with van der Waals surface area (Å²) in [4.78, 5) is 15.0. The zero-order valence-electron chi connectivity index (χ0n) is 14.9. The lowest BCUT2D eigenvalue weighted by atomic mass is 9.90. The maximum absolute atomic E-state index is 13.2. The van der Waals surface area contributed by atoms with Crippen molar-refractivity contribution in [3.05, 3.63) is 77.1 Å². The van der Waals surface area contributed by atoms with E-state index in [-0.39, 0.29) is 5.91 Å². The number of benzene rings is 2. The Morgan fingerprint density at radius 3 is 2.70 bits per heavy atom. The lowest BCUT2D eigenvalue weighted by Crippen LogP contribution is -2.40. The van der Waals surface area contributed by atoms with Gasteiger partial charge in [-0.3, -0.25) is 4.79 Å². The average Bonchev–Trinajstić information content (AvgIpc) is 3.18. The van der Waals surface area contributed by atoms with Crippen molar-refractivity contribution in [2.45, 2.75) is 12.8 Å². The SMILES string of the molecule is NCCC1Cc2ccccc2N(C(=O)c2ccn(-c3ccc(Cl)cc3)n2)C1. The highest BCUT2D eigenvalue weighted by molar-refractivity contribution is 6.30. The predicted molar refractivity (Wildman–Crippen MR) is 108 cm³/mol. The van der Waals surface area contributed by atoms with E-state index < -0.39 is 0 Å². The first kappa shape index (κ1) is 17.8. The van der Waals surface area contributed by atoms with Crippen molar-refractivity contribution in [1.29, 1.82) is 0 Å².